The Morgan fingerprint density at radius 3 is 2.52 bits per heavy atom. The summed E-state index contributed by atoms with van der Waals surface area (Å²) in [5.41, 5.74) is 1.77. The molecule has 2 aliphatic rings. The molecule has 1 fully saturated rings. The summed E-state index contributed by atoms with van der Waals surface area (Å²) >= 11 is 1.67. The van der Waals surface area contributed by atoms with E-state index in [2.05, 4.69) is 12.2 Å². The van der Waals surface area contributed by atoms with Crippen molar-refractivity contribution in [1.29, 1.82) is 0 Å². The van der Waals surface area contributed by atoms with E-state index in [9.17, 15) is 14.7 Å². The number of rotatable bonds is 4. The lowest BCUT2D eigenvalue weighted by molar-refractivity contribution is -0.157. The number of nitrogens with one attached hydrogen (secondary N) is 1. The average Bonchev–Trinajstić information content (AvgIpc) is 2.71. The van der Waals surface area contributed by atoms with Crippen LogP contribution in [0.3, 0.4) is 0 Å². The smallest absolute Gasteiger partial charge is 0.310 e. The first-order valence-electron chi connectivity index (χ1n) is 7.66. The van der Waals surface area contributed by atoms with Crippen LogP contribution in [0, 0.1) is 12.3 Å². The van der Waals surface area contributed by atoms with Gasteiger partial charge in [0.2, 0.25) is 5.91 Å². The molecule has 1 heterocycles. The predicted octanol–water partition coefficient (Wildman–Crippen LogP) is 3.52. The van der Waals surface area contributed by atoms with Gasteiger partial charge in [-0.25, -0.2) is 0 Å². The number of carbonyl (C=O) groups excluding carboxylic acids is 1. The van der Waals surface area contributed by atoms with Gasteiger partial charge in [-0.3, -0.25) is 9.59 Å². The molecule has 0 unspecified atom stereocenters. The van der Waals surface area contributed by atoms with Crippen molar-refractivity contribution in [3.8, 4) is 0 Å². The minimum atomic E-state index is -0.828. The van der Waals surface area contributed by atoms with E-state index in [-0.39, 0.29) is 12.3 Å². The van der Waals surface area contributed by atoms with E-state index in [0.29, 0.717) is 12.8 Å². The highest BCUT2D eigenvalue weighted by Crippen LogP contribution is 2.45. The van der Waals surface area contributed by atoms with Crippen molar-refractivity contribution in [3.05, 3.63) is 16.0 Å². The first-order chi connectivity index (χ1) is 10.0. The molecule has 4 nitrogen and oxygen atoms in total. The summed E-state index contributed by atoms with van der Waals surface area (Å²) in [6.07, 6.45) is 6.91. The lowest BCUT2D eigenvalue weighted by Gasteiger charge is -2.36. The molecule has 0 spiro atoms. The zero-order chi connectivity index (χ0) is 15.0. The number of aliphatic carboxylic acids is 1. The summed E-state index contributed by atoms with van der Waals surface area (Å²) in [7, 11) is 0. The Morgan fingerprint density at radius 1 is 1.24 bits per heavy atom. The van der Waals surface area contributed by atoms with Crippen LogP contribution in [-0.2, 0) is 22.4 Å². The molecule has 0 radical (unpaired) electrons. The standard InChI is InChI=1S/C16H21NO3S/c1-10-11-5-2-3-6-12(11)21-14(10)17-13(18)9-16(15(19)20)7-4-8-16/h2-9H2,1H3,(H,17,18)(H,19,20). The Hall–Kier alpha value is -1.36. The molecule has 1 aromatic rings. The van der Waals surface area contributed by atoms with Gasteiger partial charge in [0.05, 0.1) is 10.4 Å². The number of aryl methyl sites for hydroxylation is 1. The number of carbonyl (C=O) groups is 2. The van der Waals surface area contributed by atoms with Crippen LogP contribution in [0.4, 0.5) is 5.00 Å². The molecule has 114 valence electrons. The van der Waals surface area contributed by atoms with Crippen LogP contribution < -0.4 is 5.32 Å². The molecule has 21 heavy (non-hydrogen) atoms. The van der Waals surface area contributed by atoms with E-state index in [4.69, 9.17) is 0 Å². The van der Waals surface area contributed by atoms with E-state index in [1.807, 2.05) is 0 Å². The van der Waals surface area contributed by atoms with Crippen LogP contribution >= 0.6 is 11.3 Å². The molecule has 1 aromatic heterocycles. The van der Waals surface area contributed by atoms with Crippen LogP contribution in [0.25, 0.3) is 0 Å². The number of hydrogen-bond acceptors (Lipinski definition) is 3. The van der Waals surface area contributed by atoms with E-state index in [0.717, 1.165) is 24.3 Å². The molecule has 2 N–H and O–H groups in total. The molecule has 3 rings (SSSR count). The maximum Gasteiger partial charge on any atom is 0.310 e. The molecule has 0 aromatic carbocycles. The number of hydrogen-bond donors (Lipinski definition) is 2. The minimum absolute atomic E-state index is 0.102. The quantitative estimate of drug-likeness (QED) is 0.894. The zero-order valence-electron chi connectivity index (χ0n) is 12.3. The van der Waals surface area contributed by atoms with Gasteiger partial charge in [-0.15, -0.1) is 11.3 Å². The molecule has 0 atom stereocenters. The summed E-state index contributed by atoms with van der Waals surface area (Å²) in [6, 6.07) is 0. The Balaban J connectivity index is 1.70. The number of carboxylic acid groups (broad SMARTS) is 1. The fourth-order valence-electron chi connectivity index (χ4n) is 3.39. The monoisotopic (exact) mass is 307 g/mol. The predicted molar refractivity (Wildman–Crippen MR) is 82.9 cm³/mol. The molecule has 0 saturated heterocycles. The number of amides is 1. The van der Waals surface area contributed by atoms with E-state index in [1.165, 1.54) is 28.8 Å². The molecule has 1 saturated carbocycles. The Morgan fingerprint density at radius 2 is 1.95 bits per heavy atom. The largest absolute Gasteiger partial charge is 0.481 e. The maximum absolute atomic E-state index is 12.2. The Labute approximate surface area is 128 Å². The van der Waals surface area contributed by atoms with Gasteiger partial charge in [0.25, 0.3) is 0 Å². The molecule has 0 bridgehead atoms. The van der Waals surface area contributed by atoms with Crippen LogP contribution in [0.15, 0.2) is 0 Å². The Kier molecular flexibility index (Phi) is 3.78. The van der Waals surface area contributed by atoms with Crippen LogP contribution in [0.5, 0.6) is 0 Å². The summed E-state index contributed by atoms with van der Waals surface area (Å²) in [4.78, 5) is 25.0. The lowest BCUT2D eigenvalue weighted by Crippen LogP contribution is -2.41. The number of carboxylic acids is 1. The summed E-state index contributed by atoms with van der Waals surface area (Å²) in [5.74, 6) is -0.982. The first kappa shape index (κ1) is 14.6. The van der Waals surface area contributed by atoms with Crippen LogP contribution in [0.1, 0.15) is 54.5 Å². The second-order valence-electron chi connectivity index (χ2n) is 6.33. The molecule has 2 aliphatic carbocycles. The highest BCUT2D eigenvalue weighted by atomic mass is 32.1. The van der Waals surface area contributed by atoms with Gasteiger partial charge in [0.1, 0.15) is 0 Å². The van der Waals surface area contributed by atoms with Gasteiger partial charge in [-0.1, -0.05) is 6.42 Å². The second-order valence-corrected chi connectivity index (χ2v) is 7.43. The van der Waals surface area contributed by atoms with Gasteiger partial charge in [0, 0.05) is 11.3 Å². The van der Waals surface area contributed by atoms with Crippen molar-refractivity contribution < 1.29 is 14.7 Å². The average molecular weight is 307 g/mol. The van der Waals surface area contributed by atoms with E-state index >= 15 is 0 Å². The third kappa shape index (κ3) is 2.59. The van der Waals surface area contributed by atoms with E-state index < -0.39 is 11.4 Å². The third-order valence-electron chi connectivity index (χ3n) is 4.95. The Bertz CT molecular complexity index is 587. The third-order valence-corrected chi connectivity index (χ3v) is 6.26. The second kappa shape index (κ2) is 5.44. The highest BCUT2D eigenvalue weighted by Gasteiger charge is 2.46. The van der Waals surface area contributed by atoms with Gasteiger partial charge in [0.15, 0.2) is 0 Å². The zero-order valence-corrected chi connectivity index (χ0v) is 13.1. The van der Waals surface area contributed by atoms with Crippen molar-refractivity contribution in [2.24, 2.45) is 5.41 Å². The van der Waals surface area contributed by atoms with Crippen LogP contribution in [0.2, 0.25) is 0 Å². The lowest BCUT2D eigenvalue weighted by atomic mass is 9.66. The number of thiophene rings is 1. The number of fused-ring (bicyclic) bond motifs is 1. The minimum Gasteiger partial charge on any atom is -0.481 e. The van der Waals surface area contributed by atoms with Gasteiger partial charge < -0.3 is 10.4 Å². The summed E-state index contributed by atoms with van der Waals surface area (Å²) in [6.45, 7) is 2.06. The molecular weight excluding hydrogens is 286 g/mol. The number of anilines is 1. The molecule has 5 heteroatoms. The van der Waals surface area contributed by atoms with Crippen molar-refractivity contribution in [3.63, 3.8) is 0 Å². The first-order valence-corrected chi connectivity index (χ1v) is 8.48. The highest BCUT2D eigenvalue weighted by molar-refractivity contribution is 7.16. The van der Waals surface area contributed by atoms with Crippen molar-refractivity contribution in [2.75, 3.05) is 5.32 Å². The SMILES string of the molecule is Cc1c(NC(=O)CC2(C(=O)O)CCC2)sc2c1CCCC2. The summed E-state index contributed by atoms with van der Waals surface area (Å²) in [5, 5.41) is 13.2. The molecule has 1 amide bonds. The maximum atomic E-state index is 12.2. The van der Waals surface area contributed by atoms with Gasteiger partial charge in [-0.05, 0) is 56.6 Å². The molecular formula is C16H21NO3S. The summed E-state index contributed by atoms with van der Waals surface area (Å²) < 4.78 is 0. The van der Waals surface area contributed by atoms with Crippen molar-refractivity contribution in [2.45, 2.75) is 58.3 Å². The fourth-order valence-corrected chi connectivity index (χ4v) is 4.70. The van der Waals surface area contributed by atoms with Crippen LogP contribution in [-0.4, -0.2) is 17.0 Å². The van der Waals surface area contributed by atoms with Gasteiger partial charge in [-0.2, -0.15) is 0 Å². The molecule has 0 aliphatic heterocycles. The normalized spacial score (nSPS) is 19.5. The van der Waals surface area contributed by atoms with Crippen molar-refractivity contribution in [1.82, 2.24) is 0 Å². The van der Waals surface area contributed by atoms with Gasteiger partial charge >= 0.3 is 5.97 Å². The fraction of sp³-hybridized carbons (Fsp3) is 0.625. The van der Waals surface area contributed by atoms with Crippen molar-refractivity contribution >= 4 is 28.2 Å². The topological polar surface area (TPSA) is 66.4 Å². The van der Waals surface area contributed by atoms with E-state index in [1.54, 1.807) is 11.3 Å².